The third-order valence-electron chi connectivity index (χ3n) is 10.2. The summed E-state index contributed by atoms with van der Waals surface area (Å²) >= 11 is 0. The second kappa shape index (κ2) is 11.4. The van der Waals surface area contributed by atoms with Crippen LogP contribution in [0.25, 0.3) is 87.7 Å². The standard InChI is InChI=1S/C44H28N4O4/c49-41-27-17-9-7-15-25(27)35-31-21-19-29(45-31)33(23-11-3-1-4-12-23)37-43(51)44(52)38(47-37)34(24-13-5-2-6-14-24)30-20-22-32(46-30)36-26-16-8-10-18-28(26)42(50)40(36)48-39(35)41/h1-22,43-46,51-52H/t43-,44+. The van der Waals surface area contributed by atoms with Crippen molar-refractivity contribution < 1.29 is 10.2 Å². The molecule has 0 aliphatic carbocycles. The number of nitrogens with one attached hydrogen (secondary N) is 2. The summed E-state index contributed by atoms with van der Waals surface area (Å²) in [5, 5.41) is 27.2. The molecule has 3 aromatic heterocycles. The smallest absolute Gasteiger partial charge is 0.212 e. The summed E-state index contributed by atoms with van der Waals surface area (Å²) in [4.78, 5) is 45.6. The Kier molecular flexibility index (Phi) is 6.60. The highest BCUT2D eigenvalue weighted by molar-refractivity contribution is 6.20. The molecule has 8 nitrogen and oxygen atoms in total. The molecule has 0 spiro atoms. The Morgan fingerprint density at radius 2 is 0.788 bits per heavy atom. The van der Waals surface area contributed by atoms with Crippen molar-refractivity contribution in [1.82, 2.24) is 19.9 Å². The van der Waals surface area contributed by atoms with Crippen LogP contribution in [-0.4, -0.2) is 30.1 Å². The molecule has 8 heteroatoms. The van der Waals surface area contributed by atoms with Crippen LogP contribution in [0.4, 0.5) is 0 Å². The van der Waals surface area contributed by atoms with E-state index in [0.717, 1.165) is 11.1 Å². The average Bonchev–Trinajstić information content (AvgIpc) is 4.00. The van der Waals surface area contributed by atoms with Gasteiger partial charge < -0.3 is 20.2 Å². The van der Waals surface area contributed by atoms with Crippen LogP contribution in [0.15, 0.2) is 143 Å². The number of hydrogen-bond donors (Lipinski definition) is 4. The lowest BCUT2D eigenvalue weighted by atomic mass is 9.97. The van der Waals surface area contributed by atoms with E-state index in [9.17, 15) is 19.8 Å². The lowest BCUT2D eigenvalue weighted by molar-refractivity contribution is 0.0260. The molecule has 248 valence electrons. The van der Waals surface area contributed by atoms with Gasteiger partial charge in [-0.25, -0.2) is 4.98 Å². The number of aromatic nitrogens is 4. The van der Waals surface area contributed by atoms with E-state index in [-0.39, 0.29) is 21.9 Å². The molecule has 2 atom stereocenters. The summed E-state index contributed by atoms with van der Waals surface area (Å²) in [5.74, 6) is 0. The maximum absolute atomic E-state index is 14.3. The summed E-state index contributed by atoms with van der Waals surface area (Å²) in [6.07, 6.45) is -2.71. The van der Waals surface area contributed by atoms with Gasteiger partial charge in [-0.2, -0.15) is 0 Å². The predicted octanol–water partition coefficient (Wildman–Crippen LogP) is 8.31. The first-order valence-electron chi connectivity index (χ1n) is 17.0. The van der Waals surface area contributed by atoms with Crippen LogP contribution in [0, 0.1) is 0 Å². The van der Waals surface area contributed by atoms with Gasteiger partial charge in [-0.3, -0.25) is 14.6 Å². The SMILES string of the molecule is O=c1c2ccccc2c2c3ccc([nH]3)c(-c3ccccc3)c3nc(c(-c4ccccc4)c4ccc([nH]4)c4c(nc12)c(=O)c1ccccc14)[C@H](O)[C@@H]3O. The maximum Gasteiger partial charge on any atom is 0.212 e. The minimum atomic E-state index is -1.35. The van der Waals surface area contributed by atoms with Crippen molar-refractivity contribution in [2.24, 2.45) is 0 Å². The van der Waals surface area contributed by atoms with E-state index in [0.29, 0.717) is 76.9 Å². The quantitative estimate of drug-likeness (QED) is 0.146. The molecule has 6 aromatic carbocycles. The molecular weight excluding hydrogens is 649 g/mol. The van der Waals surface area contributed by atoms with Gasteiger partial charge in [0, 0.05) is 54.7 Å². The summed E-state index contributed by atoms with van der Waals surface area (Å²) in [5.41, 5.74) is 5.56. The third kappa shape index (κ3) is 4.35. The zero-order valence-electron chi connectivity index (χ0n) is 27.5. The van der Waals surface area contributed by atoms with Crippen molar-refractivity contribution in [3.63, 3.8) is 0 Å². The first-order valence-corrected chi connectivity index (χ1v) is 17.0. The molecule has 0 amide bonds. The highest BCUT2D eigenvalue weighted by Gasteiger charge is 2.34. The number of rotatable bonds is 2. The first-order chi connectivity index (χ1) is 25.5. The van der Waals surface area contributed by atoms with Crippen LogP contribution in [-0.2, 0) is 0 Å². The van der Waals surface area contributed by atoms with Gasteiger partial charge in [-0.05, 0) is 46.2 Å². The van der Waals surface area contributed by atoms with Crippen molar-refractivity contribution in [2.75, 3.05) is 0 Å². The van der Waals surface area contributed by atoms with Crippen LogP contribution in [0.1, 0.15) is 23.6 Å². The number of nitrogens with zero attached hydrogens (tertiary/aromatic N) is 2. The van der Waals surface area contributed by atoms with Crippen LogP contribution in [0.2, 0.25) is 0 Å². The summed E-state index contributed by atoms with van der Waals surface area (Å²) < 4.78 is 0. The second-order valence-electron chi connectivity index (χ2n) is 13.1. The normalized spacial score (nSPS) is 15.3. The molecule has 6 bridgehead atoms. The molecular formula is C44H28N4O4. The van der Waals surface area contributed by atoms with Crippen molar-refractivity contribution >= 4 is 65.4 Å². The Hall–Kier alpha value is -6.74. The Labute approximate surface area is 294 Å². The van der Waals surface area contributed by atoms with Crippen LogP contribution in [0.3, 0.4) is 0 Å². The zero-order valence-corrected chi connectivity index (χ0v) is 27.5. The van der Waals surface area contributed by atoms with E-state index in [2.05, 4.69) is 9.97 Å². The van der Waals surface area contributed by atoms with Gasteiger partial charge in [-0.15, -0.1) is 0 Å². The second-order valence-corrected chi connectivity index (χ2v) is 13.1. The number of aliphatic hydroxyl groups is 2. The molecule has 9 aromatic rings. The van der Waals surface area contributed by atoms with E-state index in [1.165, 1.54) is 0 Å². The summed E-state index contributed by atoms with van der Waals surface area (Å²) in [6.45, 7) is 0. The molecule has 52 heavy (non-hydrogen) atoms. The Balaban J connectivity index is 1.52. The van der Waals surface area contributed by atoms with Gasteiger partial charge in [0.15, 0.2) is 0 Å². The van der Waals surface area contributed by atoms with Crippen LogP contribution in [0.5, 0.6) is 0 Å². The largest absolute Gasteiger partial charge is 0.384 e. The predicted molar refractivity (Wildman–Crippen MR) is 207 cm³/mol. The molecule has 0 saturated carbocycles. The van der Waals surface area contributed by atoms with Gasteiger partial charge in [0.1, 0.15) is 23.2 Å². The molecule has 0 unspecified atom stereocenters. The molecule has 4 N–H and O–H groups in total. The Morgan fingerprint density at radius 1 is 0.423 bits per heavy atom. The van der Waals surface area contributed by atoms with Gasteiger partial charge >= 0.3 is 0 Å². The maximum atomic E-state index is 14.3. The molecule has 1 aliphatic heterocycles. The van der Waals surface area contributed by atoms with Crippen LogP contribution >= 0.6 is 0 Å². The van der Waals surface area contributed by atoms with Crippen molar-refractivity contribution in [3.05, 3.63) is 165 Å². The fourth-order valence-electron chi connectivity index (χ4n) is 7.84. The number of aliphatic hydroxyl groups excluding tert-OH is 2. The van der Waals surface area contributed by atoms with Gasteiger partial charge in [0.2, 0.25) is 10.9 Å². The molecule has 1 aliphatic rings. The monoisotopic (exact) mass is 676 g/mol. The number of benzene rings is 4. The molecule has 0 saturated heterocycles. The number of H-pyrrole nitrogens is 2. The minimum absolute atomic E-state index is 0.157. The van der Waals surface area contributed by atoms with Gasteiger partial charge in [0.05, 0.1) is 11.4 Å². The van der Waals surface area contributed by atoms with E-state index >= 15 is 0 Å². The van der Waals surface area contributed by atoms with Crippen molar-refractivity contribution in [3.8, 4) is 22.3 Å². The van der Waals surface area contributed by atoms with E-state index < -0.39 is 12.2 Å². The topological polar surface area (TPSA) is 132 Å². The van der Waals surface area contributed by atoms with E-state index in [1.54, 1.807) is 12.1 Å². The van der Waals surface area contributed by atoms with Gasteiger partial charge in [-0.1, -0.05) is 109 Å². The van der Waals surface area contributed by atoms with E-state index in [4.69, 9.17) is 9.97 Å². The third-order valence-corrected chi connectivity index (χ3v) is 10.2. The Bertz CT molecular complexity index is 2950. The fourth-order valence-corrected chi connectivity index (χ4v) is 7.84. The molecule has 4 heterocycles. The molecule has 0 radical (unpaired) electrons. The van der Waals surface area contributed by atoms with Crippen molar-refractivity contribution in [1.29, 1.82) is 0 Å². The lowest BCUT2D eigenvalue weighted by Crippen LogP contribution is -2.05. The number of fused-ring (bicyclic) bond motifs is 14. The number of aromatic amines is 2. The highest BCUT2D eigenvalue weighted by atomic mass is 16.3. The van der Waals surface area contributed by atoms with E-state index in [1.807, 2.05) is 121 Å². The summed E-state index contributed by atoms with van der Waals surface area (Å²) in [6, 6.07) is 41.4. The number of hydrogen-bond acceptors (Lipinski definition) is 6. The lowest BCUT2D eigenvalue weighted by Gasteiger charge is -2.13. The van der Waals surface area contributed by atoms with Gasteiger partial charge in [0.25, 0.3) is 0 Å². The minimum Gasteiger partial charge on any atom is -0.384 e. The highest BCUT2D eigenvalue weighted by Crippen LogP contribution is 2.43. The summed E-state index contributed by atoms with van der Waals surface area (Å²) in [7, 11) is 0. The van der Waals surface area contributed by atoms with Crippen LogP contribution < -0.4 is 10.9 Å². The Morgan fingerprint density at radius 3 is 1.21 bits per heavy atom. The average molecular weight is 677 g/mol. The zero-order chi connectivity index (χ0) is 35.1. The first kappa shape index (κ1) is 30.1. The van der Waals surface area contributed by atoms with Crippen molar-refractivity contribution in [2.45, 2.75) is 12.2 Å². The molecule has 10 rings (SSSR count). The fraction of sp³-hybridized carbons (Fsp3) is 0.0455. The molecule has 0 fully saturated rings.